The van der Waals surface area contributed by atoms with Crippen molar-refractivity contribution in [2.75, 3.05) is 13.2 Å². The Hall–Kier alpha value is -3.15. The van der Waals surface area contributed by atoms with E-state index in [2.05, 4.69) is 116 Å². The van der Waals surface area contributed by atoms with Crippen LogP contribution in [-0.2, 0) is 14.3 Å². The second-order valence-corrected chi connectivity index (χ2v) is 20.8. The number of amides is 1. The number of aliphatic hydroxyl groups is 5. The van der Waals surface area contributed by atoms with Crippen LogP contribution in [0.15, 0.2) is 109 Å². The van der Waals surface area contributed by atoms with E-state index in [1.807, 2.05) is 6.08 Å². The van der Waals surface area contributed by atoms with Gasteiger partial charge in [0.15, 0.2) is 6.29 Å². The number of carbonyl (C=O) groups is 1. The van der Waals surface area contributed by atoms with Gasteiger partial charge in [-0.3, -0.25) is 4.79 Å². The first-order valence-electron chi connectivity index (χ1n) is 30.6. The lowest BCUT2D eigenvalue weighted by Crippen LogP contribution is -2.60. The lowest BCUT2D eigenvalue weighted by Gasteiger charge is -2.40. The van der Waals surface area contributed by atoms with Crippen molar-refractivity contribution >= 4 is 5.91 Å². The molecule has 0 bridgehead atoms. The van der Waals surface area contributed by atoms with E-state index >= 15 is 0 Å². The minimum absolute atomic E-state index is 0.204. The van der Waals surface area contributed by atoms with E-state index in [0.717, 1.165) is 103 Å². The molecule has 1 heterocycles. The van der Waals surface area contributed by atoms with Crippen molar-refractivity contribution < 1.29 is 39.8 Å². The van der Waals surface area contributed by atoms with E-state index in [1.165, 1.54) is 122 Å². The molecule has 0 aromatic carbocycles. The van der Waals surface area contributed by atoms with E-state index in [0.29, 0.717) is 6.42 Å². The largest absolute Gasteiger partial charge is 0.394 e. The zero-order valence-electron chi connectivity index (χ0n) is 47.8. The average Bonchev–Trinajstić information content (AvgIpc) is 3.41. The fraction of sp³-hybridized carbons (Fsp3) is 0.712. The van der Waals surface area contributed by atoms with Crippen LogP contribution < -0.4 is 5.32 Å². The van der Waals surface area contributed by atoms with Gasteiger partial charge in [0.1, 0.15) is 24.4 Å². The zero-order chi connectivity index (χ0) is 54.3. The van der Waals surface area contributed by atoms with E-state index < -0.39 is 49.5 Å². The Bertz CT molecular complexity index is 1540. The molecule has 9 heteroatoms. The lowest BCUT2D eigenvalue weighted by atomic mass is 9.99. The number of hydrogen-bond acceptors (Lipinski definition) is 8. The molecule has 1 aliphatic heterocycles. The Morgan fingerprint density at radius 3 is 1.23 bits per heavy atom. The smallest absolute Gasteiger partial charge is 0.220 e. The summed E-state index contributed by atoms with van der Waals surface area (Å²) in [5, 5.41) is 54.6. The maximum atomic E-state index is 13.1. The van der Waals surface area contributed by atoms with Crippen LogP contribution in [0.3, 0.4) is 0 Å². The molecule has 1 saturated heterocycles. The molecule has 0 aromatic heterocycles. The minimum Gasteiger partial charge on any atom is -0.394 e. The molecule has 75 heavy (non-hydrogen) atoms. The van der Waals surface area contributed by atoms with Crippen molar-refractivity contribution in [1.82, 2.24) is 5.32 Å². The number of allylic oxidation sites excluding steroid dienone is 17. The molecule has 1 amide bonds. The first-order chi connectivity index (χ1) is 36.8. The Balaban J connectivity index is 2.26. The second-order valence-electron chi connectivity index (χ2n) is 20.8. The highest BCUT2D eigenvalue weighted by Crippen LogP contribution is 2.23. The predicted molar refractivity (Wildman–Crippen MR) is 317 cm³/mol. The quantitative estimate of drug-likeness (QED) is 0.0261. The first-order valence-corrected chi connectivity index (χ1v) is 30.6. The van der Waals surface area contributed by atoms with Gasteiger partial charge in [0, 0.05) is 6.42 Å². The molecule has 0 spiro atoms. The van der Waals surface area contributed by atoms with Crippen molar-refractivity contribution in [3.05, 3.63) is 109 Å². The van der Waals surface area contributed by atoms with Gasteiger partial charge in [-0.25, -0.2) is 0 Å². The molecule has 0 aromatic rings. The molecule has 9 nitrogen and oxygen atoms in total. The molecule has 0 aliphatic carbocycles. The van der Waals surface area contributed by atoms with Gasteiger partial charge in [-0.15, -0.1) is 0 Å². The van der Waals surface area contributed by atoms with Gasteiger partial charge in [-0.2, -0.15) is 0 Å². The van der Waals surface area contributed by atoms with Crippen molar-refractivity contribution in [3.8, 4) is 0 Å². The number of rotatable bonds is 51. The fourth-order valence-electron chi connectivity index (χ4n) is 9.06. The number of nitrogens with one attached hydrogen (secondary N) is 1. The molecule has 1 rings (SSSR count). The van der Waals surface area contributed by atoms with Gasteiger partial charge in [0.05, 0.1) is 25.4 Å². The maximum Gasteiger partial charge on any atom is 0.220 e. The van der Waals surface area contributed by atoms with E-state index in [4.69, 9.17) is 9.47 Å². The number of unbranched alkanes of at least 4 members (excludes halogenated alkanes) is 25. The third-order valence-corrected chi connectivity index (χ3v) is 13.9. The predicted octanol–water partition coefficient (Wildman–Crippen LogP) is 15.7. The van der Waals surface area contributed by atoms with Crippen molar-refractivity contribution in [2.45, 2.75) is 288 Å². The SMILES string of the molecule is CC/C=C\C/C=C\C/C=C\C/C=C\C/C=C\C/C=C\C/C=C\C/C=C\CCCCCCC(=O)NC(COC1OC(CO)C(O)C(O)C1O)C(O)/C=C/CCCCCCCCCCCCCCCCCCCCCCC. The molecule has 7 unspecified atom stereocenters. The van der Waals surface area contributed by atoms with Gasteiger partial charge < -0.3 is 40.3 Å². The summed E-state index contributed by atoms with van der Waals surface area (Å²) < 4.78 is 11.3. The summed E-state index contributed by atoms with van der Waals surface area (Å²) in [6, 6.07) is -0.828. The average molecular weight is 1050 g/mol. The molecule has 1 aliphatic rings. The summed E-state index contributed by atoms with van der Waals surface area (Å²) in [6.07, 6.45) is 72.9. The molecule has 430 valence electrons. The topological polar surface area (TPSA) is 149 Å². The summed E-state index contributed by atoms with van der Waals surface area (Å²) in [5.41, 5.74) is 0. The van der Waals surface area contributed by atoms with Gasteiger partial charge in [-0.1, -0.05) is 264 Å². The normalized spacial score (nSPS) is 19.7. The maximum absolute atomic E-state index is 13.1. The highest BCUT2D eigenvalue weighted by molar-refractivity contribution is 5.76. The number of aliphatic hydroxyl groups excluding tert-OH is 5. The van der Waals surface area contributed by atoms with E-state index in [1.54, 1.807) is 6.08 Å². The molecule has 1 fully saturated rings. The van der Waals surface area contributed by atoms with Crippen LogP contribution >= 0.6 is 0 Å². The van der Waals surface area contributed by atoms with Crippen LogP contribution in [0.1, 0.15) is 245 Å². The number of carbonyl (C=O) groups excluding carboxylic acids is 1. The van der Waals surface area contributed by atoms with Crippen LogP contribution in [-0.4, -0.2) is 87.5 Å². The third kappa shape index (κ3) is 43.5. The van der Waals surface area contributed by atoms with Gasteiger partial charge in [-0.05, 0) is 83.5 Å². The van der Waals surface area contributed by atoms with Crippen LogP contribution in [0.5, 0.6) is 0 Å². The highest BCUT2D eigenvalue weighted by atomic mass is 16.7. The van der Waals surface area contributed by atoms with Crippen LogP contribution in [0, 0.1) is 0 Å². The molecule has 0 saturated carbocycles. The van der Waals surface area contributed by atoms with E-state index in [-0.39, 0.29) is 12.5 Å². The molecule has 0 radical (unpaired) electrons. The van der Waals surface area contributed by atoms with Gasteiger partial charge in [0.2, 0.25) is 5.91 Å². The van der Waals surface area contributed by atoms with E-state index in [9.17, 15) is 30.3 Å². The molecular weight excluding hydrogens is 935 g/mol. The Labute approximate surface area is 459 Å². The third-order valence-electron chi connectivity index (χ3n) is 13.9. The summed E-state index contributed by atoms with van der Waals surface area (Å²) in [5.74, 6) is -0.204. The Morgan fingerprint density at radius 1 is 0.467 bits per heavy atom. The lowest BCUT2D eigenvalue weighted by molar-refractivity contribution is -0.302. The molecule has 7 atom stereocenters. The summed E-state index contributed by atoms with van der Waals surface area (Å²) in [6.45, 7) is 3.66. The van der Waals surface area contributed by atoms with Crippen molar-refractivity contribution in [3.63, 3.8) is 0 Å². The summed E-state index contributed by atoms with van der Waals surface area (Å²) >= 11 is 0. The van der Waals surface area contributed by atoms with Crippen LogP contribution in [0.4, 0.5) is 0 Å². The monoisotopic (exact) mass is 1050 g/mol. The Morgan fingerprint density at radius 2 is 0.827 bits per heavy atom. The first kappa shape index (κ1) is 69.9. The standard InChI is InChI=1S/C66H113NO8/c1-3-5-7-9-11-13-15-17-19-21-23-25-27-28-29-30-31-32-34-36-38-40-42-44-46-48-50-52-54-56-62(70)67-59(58-74-66-65(73)64(72)63(71)61(57-68)75-66)60(69)55-53-51-49-47-45-43-41-39-37-35-33-26-24-22-20-18-16-14-12-10-8-6-4-2/h5,7,11,13,17,19,23,25,28-29,31-32,36,38,42,44,53,55,59-61,63-66,68-69,71-73H,3-4,6,8-10,12,14-16,18,20-22,24,26-27,30,33-35,37,39-41,43,45-52,54,56-58H2,1-2H3,(H,67,70)/b7-5-,13-11-,19-17-,25-23-,29-28-,32-31-,38-36-,44-42-,55-53+. The molecule has 6 N–H and O–H groups in total. The zero-order valence-corrected chi connectivity index (χ0v) is 47.8. The van der Waals surface area contributed by atoms with Gasteiger partial charge in [0.25, 0.3) is 0 Å². The number of hydrogen-bond donors (Lipinski definition) is 6. The van der Waals surface area contributed by atoms with Crippen LogP contribution in [0.2, 0.25) is 0 Å². The second kappa shape index (κ2) is 54.2. The minimum atomic E-state index is -1.58. The van der Waals surface area contributed by atoms with Gasteiger partial charge >= 0.3 is 0 Å². The fourth-order valence-corrected chi connectivity index (χ4v) is 9.06. The molecular formula is C66H113NO8. The Kier molecular flexibility index (Phi) is 50.5. The summed E-state index contributed by atoms with van der Waals surface area (Å²) in [7, 11) is 0. The highest BCUT2D eigenvalue weighted by Gasteiger charge is 2.44. The van der Waals surface area contributed by atoms with Crippen molar-refractivity contribution in [2.24, 2.45) is 0 Å². The van der Waals surface area contributed by atoms with Crippen molar-refractivity contribution in [1.29, 1.82) is 0 Å². The van der Waals surface area contributed by atoms with Crippen LogP contribution in [0.25, 0.3) is 0 Å². The number of ether oxygens (including phenoxy) is 2. The summed E-state index contributed by atoms with van der Waals surface area (Å²) in [4.78, 5) is 13.1.